The van der Waals surface area contributed by atoms with Crippen molar-refractivity contribution in [2.24, 2.45) is 10.9 Å². The summed E-state index contributed by atoms with van der Waals surface area (Å²) in [4.78, 5) is 0.825. The summed E-state index contributed by atoms with van der Waals surface area (Å²) >= 11 is 1.59. The molecule has 0 saturated heterocycles. The molecule has 0 fully saturated rings. The average Bonchev–Trinajstić information content (AvgIpc) is 2.58. The molecular weight excluding hydrogens is 194 g/mol. The molecule has 0 unspecified atom stereocenters. The summed E-state index contributed by atoms with van der Waals surface area (Å²) in [5.74, 6) is 5.33. The first-order valence-electron chi connectivity index (χ1n) is 4.30. The number of para-hydroxylation sites is 1. The predicted octanol–water partition coefficient (Wildman–Crippen LogP) is 1.66. The van der Waals surface area contributed by atoms with Crippen LogP contribution in [0.4, 0.5) is 0 Å². The molecule has 0 aliphatic rings. The molecule has 2 N–H and O–H groups in total. The fourth-order valence-corrected chi connectivity index (χ4v) is 2.39. The standard InChI is InChI=1S/C10H11N3S/c1-2-7-13-8-5-3-4-6-9(8)14-10(13)12-11/h2-6H,1,7,11H2/b12-10-. The fourth-order valence-electron chi connectivity index (χ4n) is 1.42. The number of rotatable bonds is 2. The molecule has 0 radical (unpaired) electrons. The van der Waals surface area contributed by atoms with Gasteiger partial charge in [-0.2, -0.15) is 5.10 Å². The zero-order chi connectivity index (χ0) is 9.97. The Labute approximate surface area is 85.8 Å². The van der Waals surface area contributed by atoms with E-state index in [2.05, 4.69) is 23.8 Å². The second-order valence-electron chi connectivity index (χ2n) is 2.88. The van der Waals surface area contributed by atoms with Crippen LogP contribution in [-0.4, -0.2) is 4.57 Å². The van der Waals surface area contributed by atoms with E-state index in [4.69, 9.17) is 5.84 Å². The van der Waals surface area contributed by atoms with Gasteiger partial charge in [0, 0.05) is 6.54 Å². The van der Waals surface area contributed by atoms with Crippen LogP contribution in [0, 0.1) is 0 Å². The van der Waals surface area contributed by atoms with Gasteiger partial charge in [0.15, 0.2) is 0 Å². The van der Waals surface area contributed by atoms with Gasteiger partial charge in [-0.05, 0) is 12.1 Å². The largest absolute Gasteiger partial charge is 0.320 e. The lowest BCUT2D eigenvalue weighted by Crippen LogP contribution is -2.15. The van der Waals surface area contributed by atoms with E-state index in [0.717, 1.165) is 16.9 Å². The average molecular weight is 205 g/mol. The maximum atomic E-state index is 5.33. The molecular formula is C10H11N3S. The summed E-state index contributed by atoms with van der Waals surface area (Å²) in [7, 11) is 0. The van der Waals surface area contributed by atoms with E-state index in [-0.39, 0.29) is 0 Å². The normalized spacial score (nSPS) is 12.1. The highest BCUT2D eigenvalue weighted by Gasteiger charge is 2.02. The third kappa shape index (κ3) is 1.33. The first-order valence-corrected chi connectivity index (χ1v) is 5.11. The molecule has 14 heavy (non-hydrogen) atoms. The predicted molar refractivity (Wildman–Crippen MR) is 59.8 cm³/mol. The van der Waals surface area contributed by atoms with Crippen LogP contribution in [0.3, 0.4) is 0 Å². The van der Waals surface area contributed by atoms with E-state index in [1.165, 1.54) is 4.70 Å². The van der Waals surface area contributed by atoms with E-state index in [1.54, 1.807) is 11.3 Å². The summed E-state index contributed by atoms with van der Waals surface area (Å²) in [5, 5.41) is 3.76. The summed E-state index contributed by atoms with van der Waals surface area (Å²) in [5.41, 5.74) is 1.15. The van der Waals surface area contributed by atoms with Crippen molar-refractivity contribution in [1.82, 2.24) is 4.57 Å². The molecule has 2 rings (SSSR count). The second-order valence-corrected chi connectivity index (χ2v) is 3.89. The van der Waals surface area contributed by atoms with Crippen molar-refractivity contribution in [2.45, 2.75) is 6.54 Å². The monoisotopic (exact) mass is 205 g/mol. The molecule has 1 aromatic heterocycles. The zero-order valence-corrected chi connectivity index (χ0v) is 8.50. The van der Waals surface area contributed by atoms with Crippen molar-refractivity contribution < 1.29 is 0 Å². The number of nitrogens with zero attached hydrogens (tertiary/aromatic N) is 2. The number of aromatic nitrogens is 1. The number of benzene rings is 1. The highest BCUT2D eigenvalue weighted by molar-refractivity contribution is 7.16. The first-order chi connectivity index (χ1) is 6.86. The van der Waals surface area contributed by atoms with E-state index in [1.807, 2.05) is 22.8 Å². The molecule has 72 valence electrons. The van der Waals surface area contributed by atoms with Gasteiger partial charge in [-0.15, -0.1) is 6.58 Å². The van der Waals surface area contributed by atoms with Crippen LogP contribution in [-0.2, 0) is 6.54 Å². The van der Waals surface area contributed by atoms with Crippen molar-refractivity contribution in [3.8, 4) is 0 Å². The van der Waals surface area contributed by atoms with Crippen molar-refractivity contribution in [3.63, 3.8) is 0 Å². The molecule has 4 heteroatoms. The molecule has 0 bridgehead atoms. The van der Waals surface area contributed by atoms with E-state index in [0.29, 0.717) is 0 Å². The zero-order valence-electron chi connectivity index (χ0n) is 7.68. The Bertz CT molecular complexity index is 521. The van der Waals surface area contributed by atoms with Crippen LogP contribution in [0.1, 0.15) is 0 Å². The minimum Gasteiger partial charge on any atom is -0.320 e. The molecule has 2 aromatic rings. The van der Waals surface area contributed by atoms with Crippen molar-refractivity contribution >= 4 is 21.6 Å². The van der Waals surface area contributed by atoms with Crippen LogP contribution in [0.25, 0.3) is 10.2 Å². The lowest BCUT2D eigenvalue weighted by Gasteiger charge is -1.98. The number of hydrogen-bond donors (Lipinski definition) is 1. The summed E-state index contributed by atoms with van der Waals surface area (Å²) < 4.78 is 3.24. The Morgan fingerprint density at radius 2 is 2.29 bits per heavy atom. The van der Waals surface area contributed by atoms with Gasteiger partial charge in [-0.1, -0.05) is 29.5 Å². The Kier molecular flexibility index (Phi) is 2.37. The smallest absolute Gasteiger partial charge is 0.208 e. The van der Waals surface area contributed by atoms with E-state index < -0.39 is 0 Å². The quantitative estimate of drug-likeness (QED) is 0.452. The molecule has 1 aromatic carbocycles. The van der Waals surface area contributed by atoms with Gasteiger partial charge in [0.25, 0.3) is 0 Å². The molecule has 3 nitrogen and oxygen atoms in total. The van der Waals surface area contributed by atoms with Crippen LogP contribution in [0.5, 0.6) is 0 Å². The second kappa shape index (κ2) is 3.67. The highest BCUT2D eigenvalue weighted by atomic mass is 32.1. The Morgan fingerprint density at radius 3 is 3.00 bits per heavy atom. The SMILES string of the molecule is C=CCn1/c(=N/N)sc2ccccc21. The van der Waals surface area contributed by atoms with Gasteiger partial charge in [-0.25, -0.2) is 0 Å². The molecule has 0 spiro atoms. The lowest BCUT2D eigenvalue weighted by atomic mass is 10.3. The van der Waals surface area contributed by atoms with Gasteiger partial charge >= 0.3 is 0 Å². The van der Waals surface area contributed by atoms with E-state index >= 15 is 0 Å². The third-order valence-electron chi connectivity index (χ3n) is 2.01. The number of nitrogens with two attached hydrogens (primary N) is 1. The minimum absolute atomic E-state index is 0.736. The molecule has 1 heterocycles. The first kappa shape index (κ1) is 9.02. The third-order valence-corrected chi connectivity index (χ3v) is 3.08. The Balaban J connectivity index is 2.81. The van der Waals surface area contributed by atoms with Gasteiger partial charge in [0.05, 0.1) is 10.2 Å². The van der Waals surface area contributed by atoms with Gasteiger partial charge in [0.2, 0.25) is 4.80 Å². The van der Waals surface area contributed by atoms with E-state index in [9.17, 15) is 0 Å². The summed E-state index contributed by atoms with van der Waals surface area (Å²) in [6, 6.07) is 8.14. The summed E-state index contributed by atoms with van der Waals surface area (Å²) in [6.45, 7) is 4.46. The van der Waals surface area contributed by atoms with Gasteiger partial charge < -0.3 is 10.4 Å². The maximum Gasteiger partial charge on any atom is 0.208 e. The van der Waals surface area contributed by atoms with Crippen LogP contribution < -0.4 is 10.6 Å². The highest BCUT2D eigenvalue weighted by Crippen LogP contribution is 2.16. The van der Waals surface area contributed by atoms with Crippen molar-refractivity contribution in [2.75, 3.05) is 0 Å². The van der Waals surface area contributed by atoms with Crippen molar-refractivity contribution in [3.05, 3.63) is 41.7 Å². The molecule has 0 saturated carbocycles. The molecule has 0 aliphatic carbocycles. The Hall–Kier alpha value is -1.55. The van der Waals surface area contributed by atoms with Crippen LogP contribution >= 0.6 is 11.3 Å². The molecule has 0 amide bonds. The summed E-state index contributed by atoms with van der Waals surface area (Å²) in [6.07, 6.45) is 1.84. The topological polar surface area (TPSA) is 43.3 Å². The van der Waals surface area contributed by atoms with Crippen LogP contribution in [0.15, 0.2) is 42.0 Å². The fraction of sp³-hybridized carbons (Fsp3) is 0.100. The maximum absolute atomic E-state index is 5.33. The Morgan fingerprint density at radius 1 is 1.50 bits per heavy atom. The lowest BCUT2D eigenvalue weighted by molar-refractivity contribution is 0.810. The minimum atomic E-state index is 0.736. The van der Waals surface area contributed by atoms with Gasteiger partial charge in [0.1, 0.15) is 0 Å². The van der Waals surface area contributed by atoms with Crippen LogP contribution in [0.2, 0.25) is 0 Å². The number of thiazole rings is 1. The number of hydrogen-bond acceptors (Lipinski definition) is 3. The molecule has 0 atom stereocenters. The van der Waals surface area contributed by atoms with Gasteiger partial charge in [-0.3, -0.25) is 0 Å². The van der Waals surface area contributed by atoms with Crippen molar-refractivity contribution in [1.29, 1.82) is 0 Å². The molecule has 0 aliphatic heterocycles. The number of fused-ring (bicyclic) bond motifs is 1. The number of allylic oxidation sites excluding steroid dienone is 1.